The van der Waals surface area contributed by atoms with Gasteiger partial charge in [-0.15, -0.1) is 0 Å². The number of benzene rings is 2. The number of hydrogen-bond acceptors (Lipinski definition) is 10. The lowest BCUT2D eigenvalue weighted by molar-refractivity contribution is -0.138. The van der Waals surface area contributed by atoms with Gasteiger partial charge in [-0.3, -0.25) is 28.5 Å². The molecular weight excluding hydrogens is 717 g/mol. The first-order valence-corrected chi connectivity index (χ1v) is 19.6. The number of nitrogens with zero attached hydrogens (tertiary/aromatic N) is 1. The van der Waals surface area contributed by atoms with E-state index in [9.17, 15) is 45.4 Å². The molecule has 0 fully saturated rings. The zero-order valence-electron chi connectivity index (χ0n) is 28.5. The number of aliphatic imine (C=N–C) groups is 1. The van der Waals surface area contributed by atoms with Gasteiger partial charge < -0.3 is 20.6 Å². The highest BCUT2D eigenvalue weighted by atomic mass is 32.2. The van der Waals surface area contributed by atoms with E-state index in [-0.39, 0.29) is 39.5 Å². The predicted octanol–water partition coefficient (Wildman–Crippen LogP) is 6.18. The standard InChI is InChI=1S/C36H40N2O12S2/c1-35(15-7-3-5-9-31(39)40)25-17-21(51(45,46)47)11-13-27(25)37-29(35)19-23-33(43)24(34(23)44)20-30-36(2,16-8-4-6-10-32(41)42)26-18-22(52(48,49)50)12-14-28(26)38-30/h11-14,17-20,37,43H,3-10,15-16H2,1-2H3,(H,39,40)(H,41,42)(H,45,46,47)(H,48,49,50). The van der Waals surface area contributed by atoms with Crippen molar-refractivity contribution < 1.29 is 55.6 Å². The van der Waals surface area contributed by atoms with Crippen LogP contribution in [0.2, 0.25) is 0 Å². The quantitative estimate of drug-likeness (QED) is 0.0637. The van der Waals surface area contributed by atoms with Crippen molar-refractivity contribution in [3.8, 4) is 0 Å². The van der Waals surface area contributed by atoms with Gasteiger partial charge in [0.25, 0.3) is 20.2 Å². The number of fused-ring (bicyclic) bond motifs is 2. The third-order valence-electron chi connectivity index (χ3n) is 10.1. The first-order valence-electron chi connectivity index (χ1n) is 16.7. The van der Waals surface area contributed by atoms with Crippen molar-refractivity contribution in [3.05, 3.63) is 82.3 Å². The van der Waals surface area contributed by atoms with Gasteiger partial charge in [-0.1, -0.05) is 25.7 Å². The highest BCUT2D eigenvalue weighted by Gasteiger charge is 2.44. The molecule has 278 valence electrons. The van der Waals surface area contributed by atoms with Gasteiger partial charge in [0.1, 0.15) is 5.76 Å². The highest BCUT2D eigenvalue weighted by Crippen LogP contribution is 2.50. The molecule has 6 N–H and O–H groups in total. The van der Waals surface area contributed by atoms with E-state index in [4.69, 9.17) is 10.2 Å². The largest absolute Gasteiger partial charge is 0.506 e. The molecule has 2 aliphatic heterocycles. The summed E-state index contributed by atoms with van der Waals surface area (Å²) in [5.41, 5.74) is 0.906. The summed E-state index contributed by atoms with van der Waals surface area (Å²) in [7, 11) is -9.08. The summed E-state index contributed by atoms with van der Waals surface area (Å²) in [6, 6.07) is 8.07. The van der Waals surface area contributed by atoms with Crippen molar-refractivity contribution in [1.29, 1.82) is 0 Å². The maximum Gasteiger partial charge on any atom is 0.303 e. The fourth-order valence-electron chi connectivity index (χ4n) is 7.06. The third-order valence-corrected chi connectivity index (χ3v) is 11.8. The van der Waals surface area contributed by atoms with Crippen LogP contribution in [-0.2, 0) is 45.4 Å². The Morgan fingerprint density at radius 3 is 1.85 bits per heavy atom. The van der Waals surface area contributed by atoms with Crippen molar-refractivity contribution >= 4 is 55.0 Å². The zero-order valence-corrected chi connectivity index (χ0v) is 30.2. The van der Waals surface area contributed by atoms with E-state index < -0.39 is 48.8 Å². The lowest BCUT2D eigenvalue weighted by Gasteiger charge is -2.29. The lowest BCUT2D eigenvalue weighted by atomic mass is 9.73. The number of aliphatic hydroxyl groups is 1. The molecule has 2 aromatic carbocycles. The molecule has 2 heterocycles. The Kier molecular flexibility index (Phi) is 10.7. The van der Waals surface area contributed by atoms with Crippen molar-refractivity contribution in [3.63, 3.8) is 0 Å². The molecule has 0 amide bonds. The Bertz CT molecular complexity index is 2200. The number of carboxylic acids is 2. The minimum absolute atomic E-state index is 0.00658. The number of aliphatic carboxylic acids is 2. The molecule has 1 aliphatic carbocycles. The molecule has 0 bridgehead atoms. The maximum absolute atomic E-state index is 13.7. The zero-order chi connectivity index (χ0) is 38.2. The molecule has 2 aromatic rings. The number of carboxylic acid groups (broad SMARTS) is 2. The van der Waals surface area contributed by atoms with Crippen LogP contribution < -0.4 is 5.32 Å². The molecule has 0 aromatic heterocycles. The number of anilines is 1. The van der Waals surface area contributed by atoms with Crippen LogP contribution in [0.25, 0.3) is 0 Å². The van der Waals surface area contributed by atoms with Gasteiger partial charge in [-0.25, -0.2) is 0 Å². The molecule has 0 saturated carbocycles. The normalized spacial score (nSPS) is 22.6. The SMILES string of the molecule is CC1(CCCCCC(=O)O)C(C=C2C(=O)C(C=C3Nc4ccc(S(=O)(=O)O)cc4C3(C)CCCCCC(=O)O)=C2O)=Nc2ccc(S(=O)(=O)O)cc21. The van der Waals surface area contributed by atoms with E-state index in [1.54, 1.807) is 6.92 Å². The first kappa shape index (κ1) is 38.6. The van der Waals surface area contributed by atoms with Crippen LogP contribution in [-0.4, -0.2) is 64.7 Å². The number of Topliss-reactive ketones (excluding diaryl/α,β-unsaturated/α-hetero) is 1. The summed E-state index contributed by atoms with van der Waals surface area (Å²) in [6.07, 6.45) is 6.80. The van der Waals surface area contributed by atoms with E-state index in [2.05, 4.69) is 10.3 Å². The molecule has 2 atom stereocenters. The molecule has 2 unspecified atom stereocenters. The Morgan fingerprint density at radius 1 is 0.769 bits per heavy atom. The molecule has 5 rings (SSSR count). The number of aliphatic hydroxyl groups excluding tert-OH is 1. The Labute approximate surface area is 301 Å². The van der Waals surface area contributed by atoms with Gasteiger partial charge in [0.15, 0.2) is 0 Å². The number of allylic oxidation sites excluding steroid dienone is 5. The number of carbonyl (C=O) groups is 3. The predicted molar refractivity (Wildman–Crippen MR) is 190 cm³/mol. The summed E-state index contributed by atoms with van der Waals surface area (Å²) in [5, 5.41) is 32.5. The van der Waals surface area contributed by atoms with Crippen LogP contribution in [0.15, 0.2) is 85.9 Å². The summed E-state index contributed by atoms with van der Waals surface area (Å²) < 4.78 is 67.3. The Morgan fingerprint density at radius 2 is 1.31 bits per heavy atom. The number of nitrogens with one attached hydrogen (secondary N) is 1. The molecule has 0 radical (unpaired) electrons. The average molecular weight is 757 g/mol. The van der Waals surface area contributed by atoms with Gasteiger partial charge in [-0.05, 0) is 99.2 Å². The van der Waals surface area contributed by atoms with Crippen molar-refractivity contribution in [2.75, 3.05) is 5.32 Å². The topological polar surface area (TPSA) is 245 Å². The van der Waals surface area contributed by atoms with Crippen LogP contribution in [0.3, 0.4) is 0 Å². The molecule has 3 aliphatic rings. The van der Waals surface area contributed by atoms with Crippen molar-refractivity contribution in [2.45, 2.75) is 98.7 Å². The summed E-state index contributed by atoms with van der Waals surface area (Å²) in [5.74, 6) is -2.67. The van der Waals surface area contributed by atoms with Gasteiger partial charge in [0, 0.05) is 35.1 Å². The second-order valence-electron chi connectivity index (χ2n) is 13.7. The molecule has 52 heavy (non-hydrogen) atoms. The van der Waals surface area contributed by atoms with Gasteiger partial charge >= 0.3 is 11.9 Å². The van der Waals surface area contributed by atoms with E-state index in [1.807, 2.05) is 6.92 Å². The highest BCUT2D eigenvalue weighted by molar-refractivity contribution is 7.86. The summed E-state index contributed by atoms with van der Waals surface area (Å²) in [4.78, 5) is 39.7. The van der Waals surface area contributed by atoms with Crippen molar-refractivity contribution in [2.24, 2.45) is 4.99 Å². The lowest BCUT2D eigenvalue weighted by Crippen LogP contribution is -2.31. The third kappa shape index (κ3) is 7.74. The fraction of sp³-hybridized carbons (Fsp3) is 0.389. The van der Waals surface area contributed by atoms with Crippen molar-refractivity contribution in [1.82, 2.24) is 0 Å². The van der Waals surface area contributed by atoms with Crippen LogP contribution in [0, 0.1) is 0 Å². The number of carbonyl (C=O) groups excluding carboxylic acids is 1. The number of rotatable bonds is 16. The van der Waals surface area contributed by atoms with Gasteiger partial charge in [-0.2, -0.15) is 16.8 Å². The smallest absolute Gasteiger partial charge is 0.303 e. The second-order valence-corrected chi connectivity index (χ2v) is 16.6. The van der Waals surface area contributed by atoms with E-state index in [1.165, 1.54) is 48.6 Å². The van der Waals surface area contributed by atoms with Crippen LogP contribution in [0.5, 0.6) is 0 Å². The molecule has 14 nitrogen and oxygen atoms in total. The van der Waals surface area contributed by atoms with E-state index >= 15 is 0 Å². The van der Waals surface area contributed by atoms with Gasteiger partial charge in [0.2, 0.25) is 5.78 Å². The second kappa shape index (κ2) is 14.4. The fourth-order valence-corrected chi connectivity index (χ4v) is 8.07. The molecule has 16 heteroatoms. The van der Waals surface area contributed by atoms with Crippen LogP contribution >= 0.6 is 0 Å². The molecule has 0 saturated heterocycles. The van der Waals surface area contributed by atoms with E-state index in [0.29, 0.717) is 85.3 Å². The monoisotopic (exact) mass is 756 g/mol. The summed E-state index contributed by atoms with van der Waals surface area (Å²) >= 11 is 0. The Hall–Kier alpha value is -4.64. The molecular formula is C36H40N2O12S2. The first-order chi connectivity index (χ1) is 24.3. The number of hydrogen-bond donors (Lipinski definition) is 6. The number of ketones is 1. The number of unbranched alkanes of at least 4 members (excludes halogenated alkanes) is 4. The molecule has 0 spiro atoms. The minimum Gasteiger partial charge on any atom is -0.506 e. The van der Waals surface area contributed by atoms with Gasteiger partial charge in [0.05, 0.1) is 32.3 Å². The van der Waals surface area contributed by atoms with Crippen LogP contribution in [0.4, 0.5) is 11.4 Å². The van der Waals surface area contributed by atoms with Crippen LogP contribution in [0.1, 0.15) is 89.2 Å². The van der Waals surface area contributed by atoms with E-state index in [0.717, 1.165) is 0 Å². The maximum atomic E-state index is 13.7. The average Bonchev–Trinajstić information content (AvgIpc) is 3.49. The summed E-state index contributed by atoms with van der Waals surface area (Å²) in [6.45, 7) is 3.63. The Balaban J connectivity index is 1.48. The minimum atomic E-state index is -4.55.